The van der Waals surface area contributed by atoms with Crippen LogP contribution in [0.4, 0.5) is 11.6 Å². The van der Waals surface area contributed by atoms with Gasteiger partial charge in [0.1, 0.15) is 0 Å². The molecule has 1 fully saturated rings. The fraction of sp³-hybridized carbons (Fsp3) is 0.136. The van der Waals surface area contributed by atoms with Gasteiger partial charge in [0.05, 0.1) is 5.69 Å². The summed E-state index contributed by atoms with van der Waals surface area (Å²) in [5, 5.41) is 7.17. The van der Waals surface area contributed by atoms with Gasteiger partial charge in [0.15, 0.2) is 11.4 Å². The molecule has 144 valence electrons. The Hall–Kier alpha value is -3.87. The Labute approximate surface area is 167 Å². The highest BCUT2D eigenvalue weighted by Gasteiger charge is 2.30. The number of hydrogen-bond donors (Lipinski definition) is 2. The number of rotatable bonds is 6. The first kappa shape index (κ1) is 17.2. The Morgan fingerprint density at radius 2 is 1.79 bits per heavy atom. The molecule has 29 heavy (non-hydrogen) atoms. The molecular formula is C22H19N5O2. The van der Waals surface area contributed by atoms with Gasteiger partial charge in [0.2, 0.25) is 11.9 Å². The number of hydrogen-bond acceptors (Lipinski definition) is 5. The lowest BCUT2D eigenvalue weighted by molar-refractivity contribution is -0.117. The highest BCUT2D eigenvalue weighted by molar-refractivity contribution is 5.93. The Kier molecular flexibility index (Phi) is 4.32. The van der Waals surface area contributed by atoms with E-state index >= 15 is 0 Å². The van der Waals surface area contributed by atoms with Gasteiger partial charge < -0.3 is 4.84 Å². The Morgan fingerprint density at radius 3 is 2.55 bits per heavy atom. The third-order valence-electron chi connectivity index (χ3n) is 4.77. The average molecular weight is 385 g/mol. The third-order valence-corrected chi connectivity index (χ3v) is 4.77. The van der Waals surface area contributed by atoms with Crippen molar-refractivity contribution >= 4 is 23.2 Å². The summed E-state index contributed by atoms with van der Waals surface area (Å²) in [5.74, 6) is 1.14. The zero-order valence-corrected chi connectivity index (χ0v) is 15.6. The van der Waals surface area contributed by atoms with E-state index in [1.54, 1.807) is 4.52 Å². The Morgan fingerprint density at radius 1 is 1.00 bits per heavy atom. The summed E-state index contributed by atoms with van der Waals surface area (Å²) in [6.45, 7) is 0. The Bertz CT molecular complexity index is 1150. The fourth-order valence-electron chi connectivity index (χ4n) is 3.07. The van der Waals surface area contributed by atoms with Crippen molar-refractivity contribution < 1.29 is 9.63 Å². The van der Waals surface area contributed by atoms with Gasteiger partial charge >= 0.3 is 0 Å². The number of para-hydroxylation sites is 1. The molecule has 2 heterocycles. The highest BCUT2D eigenvalue weighted by Crippen LogP contribution is 2.30. The molecule has 2 aromatic carbocycles. The molecule has 1 aliphatic rings. The van der Waals surface area contributed by atoms with Gasteiger partial charge in [0, 0.05) is 17.7 Å². The Balaban J connectivity index is 1.35. The van der Waals surface area contributed by atoms with E-state index in [0.717, 1.165) is 29.7 Å². The van der Waals surface area contributed by atoms with Crippen molar-refractivity contribution in [3.05, 3.63) is 72.9 Å². The zero-order chi connectivity index (χ0) is 19.6. The minimum absolute atomic E-state index is 0.00475. The fourth-order valence-corrected chi connectivity index (χ4v) is 3.07. The monoisotopic (exact) mass is 385 g/mol. The first-order valence-electron chi connectivity index (χ1n) is 9.51. The second-order valence-corrected chi connectivity index (χ2v) is 6.98. The van der Waals surface area contributed by atoms with Crippen LogP contribution < -0.4 is 15.6 Å². The van der Waals surface area contributed by atoms with Crippen LogP contribution in [-0.2, 0) is 4.79 Å². The number of amides is 1. The molecule has 0 saturated heterocycles. The summed E-state index contributed by atoms with van der Waals surface area (Å²) in [7, 11) is 0. The molecule has 1 amide bonds. The number of benzene rings is 2. The highest BCUT2D eigenvalue weighted by atomic mass is 16.6. The molecule has 4 aromatic rings. The van der Waals surface area contributed by atoms with Gasteiger partial charge in [-0.05, 0) is 54.8 Å². The summed E-state index contributed by atoms with van der Waals surface area (Å²) in [6.07, 6.45) is 3.70. The van der Waals surface area contributed by atoms with Crippen LogP contribution in [0.1, 0.15) is 12.8 Å². The lowest BCUT2D eigenvalue weighted by Crippen LogP contribution is -2.14. The van der Waals surface area contributed by atoms with Crippen molar-refractivity contribution in [3.8, 4) is 16.9 Å². The van der Waals surface area contributed by atoms with Crippen LogP contribution in [-0.4, -0.2) is 20.5 Å². The van der Waals surface area contributed by atoms with Crippen molar-refractivity contribution in [2.75, 3.05) is 10.8 Å². The maximum Gasteiger partial charge on any atom is 0.249 e. The molecule has 0 unspecified atom stereocenters. The SMILES string of the molecule is O=C(Nc1nc2c(-c3ccc(ONc4ccccc4)cc3)cccn2n1)C1CC1. The number of pyridine rings is 1. The minimum Gasteiger partial charge on any atom is -0.382 e. The lowest BCUT2D eigenvalue weighted by atomic mass is 10.1. The average Bonchev–Trinajstić information content (AvgIpc) is 3.53. The van der Waals surface area contributed by atoms with Crippen molar-refractivity contribution in [1.82, 2.24) is 14.6 Å². The summed E-state index contributed by atoms with van der Waals surface area (Å²) >= 11 is 0. The largest absolute Gasteiger partial charge is 0.382 e. The molecule has 7 nitrogen and oxygen atoms in total. The molecule has 0 radical (unpaired) electrons. The summed E-state index contributed by atoms with van der Waals surface area (Å²) in [4.78, 5) is 22.1. The third kappa shape index (κ3) is 3.75. The maximum absolute atomic E-state index is 12.0. The number of nitrogens with zero attached hydrogens (tertiary/aromatic N) is 3. The van der Waals surface area contributed by atoms with Crippen molar-refractivity contribution in [2.45, 2.75) is 12.8 Å². The molecule has 1 aliphatic carbocycles. The van der Waals surface area contributed by atoms with Gasteiger partial charge in [-0.15, -0.1) is 5.10 Å². The predicted molar refractivity (Wildman–Crippen MR) is 110 cm³/mol. The quantitative estimate of drug-likeness (QED) is 0.487. The van der Waals surface area contributed by atoms with E-state index in [9.17, 15) is 4.79 Å². The van der Waals surface area contributed by atoms with Crippen molar-refractivity contribution in [3.63, 3.8) is 0 Å². The zero-order valence-electron chi connectivity index (χ0n) is 15.6. The van der Waals surface area contributed by atoms with E-state index in [4.69, 9.17) is 4.84 Å². The van der Waals surface area contributed by atoms with Crippen LogP contribution in [0.25, 0.3) is 16.8 Å². The standard InChI is InChI=1S/C22H19N5O2/c28-21(16-8-9-16)24-22-23-20-19(7-4-14-27(20)25-22)15-10-12-18(13-11-15)29-26-17-5-2-1-3-6-17/h1-7,10-14,16,26H,8-9H2,(H,24,25,28). The van der Waals surface area contributed by atoms with Gasteiger partial charge in [-0.1, -0.05) is 30.3 Å². The lowest BCUT2D eigenvalue weighted by Gasteiger charge is -2.09. The second-order valence-electron chi connectivity index (χ2n) is 6.98. The number of carbonyl (C=O) groups is 1. The molecular weight excluding hydrogens is 366 g/mol. The molecule has 2 N–H and O–H groups in total. The van der Waals surface area contributed by atoms with Crippen molar-refractivity contribution in [2.24, 2.45) is 5.92 Å². The number of anilines is 2. The van der Waals surface area contributed by atoms with Crippen molar-refractivity contribution in [1.29, 1.82) is 0 Å². The van der Waals surface area contributed by atoms with E-state index in [0.29, 0.717) is 17.3 Å². The summed E-state index contributed by atoms with van der Waals surface area (Å²) in [6, 6.07) is 21.3. The number of carbonyl (C=O) groups excluding carboxylic acids is 1. The van der Waals surface area contributed by atoms with Crippen LogP contribution in [0.3, 0.4) is 0 Å². The van der Waals surface area contributed by atoms with E-state index < -0.39 is 0 Å². The first-order valence-corrected chi connectivity index (χ1v) is 9.51. The van der Waals surface area contributed by atoms with Gasteiger partial charge in [-0.25, -0.2) is 10.00 Å². The van der Waals surface area contributed by atoms with E-state index in [1.807, 2.05) is 72.9 Å². The number of aromatic nitrogens is 3. The summed E-state index contributed by atoms with van der Waals surface area (Å²) in [5.41, 5.74) is 6.40. The van der Waals surface area contributed by atoms with Crippen LogP contribution in [0, 0.1) is 5.92 Å². The first-order chi connectivity index (χ1) is 14.3. The molecule has 1 saturated carbocycles. The van der Waals surface area contributed by atoms with E-state index in [2.05, 4.69) is 20.9 Å². The van der Waals surface area contributed by atoms with Crippen LogP contribution >= 0.6 is 0 Å². The van der Waals surface area contributed by atoms with E-state index in [-0.39, 0.29) is 11.8 Å². The minimum atomic E-state index is -0.00475. The number of nitrogens with one attached hydrogen (secondary N) is 2. The maximum atomic E-state index is 12.0. The van der Waals surface area contributed by atoms with E-state index in [1.165, 1.54) is 0 Å². The summed E-state index contributed by atoms with van der Waals surface area (Å²) < 4.78 is 1.68. The van der Waals surface area contributed by atoms with Gasteiger partial charge in [-0.2, -0.15) is 4.98 Å². The molecule has 0 spiro atoms. The molecule has 2 aromatic heterocycles. The van der Waals surface area contributed by atoms with Gasteiger partial charge in [0.25, 0.3) is 0 Å². The van der Waals surface area contributed by atoms with Gasteiger partial charge in [-0.3, -0.25) is 10.1 Å². The van der Waals surface area contributed by atoms with Crippen LogP contribution in [0.15, 0.2) is 72.9 Å². The smallest absolute Gasteiger partial charge is 0.249 e. The normalized spacial score (nSPS) is 13.2. The van der Waals surface area contributed by atoms with Crippen LogP contribution in [0.2, 0.25) is 0 Å². The second kappa shape index (κ2) is 7.27. The molecule has 0 atom stereocenters. The molecule has 7 heteroatoms. The molecule has 0 aliphatic heterocycles. The molecule has 5 rings (SSSR count). The van der Waals surface area contributed by atoms with Crippen LogP contribution in [0.5, 0.6) is 5.75 Å². The number of fused-ring (bicyclic) bond motifs is 1. The molecule has 0 bridgehead atoms. The predicted octanol–water partition coefficient (Wildman–Crippen LogP) is 4.15. The topological polar surface area (TPSA) is 80.5 Å².